The Morgan fingerprint density at radius 3 is 2.68 bits per heavy atom. The summed E-state index contributed by atoms with van der Waals surface area (Å²) in [6, 6.07) is 6.05. The molecule has 0 unspecified atom stereocenters. The lowest BCUT2D eigenvalue weighted by molar-refractivity contribution is -0.128. The van der Waals surface area contributed by atoms with E-state index in [1.807, 2.05) is 6.92 Å². The van der Waals surface area contributed by atoms with Crippen molar-refractivity contribution < 1.29 is 9.18 Å². The first-order valence-corrected chi connectivity index (χ1v) is 6.86. The molecular formula is C15H21FN2O. The van der Waals surface area contributed by atoms with E-state index in [9.17, 15) is 9.18 Å². The van der Waals surface area contributed by atoms with E-state index >= 15 is 0 Å². The van der Waals surface area contributed by atoms with Gasteiger partial charge in [-0.25, -0.2) is 4.39 Å². The molecule has 1 saturated carbocycles. The van der Waals surface area contributed by atoms with Crippen LogP contribution in [0.2, 0.25) is 0 Å². The summed E-state index contributed by atoms with van der Waals surface area (Å²) in [5, 5.41) is 2.90. The van der Waals surface area contributed by atoms with Crippen molar-refractivity contribution in [3.8, 4) is 0 Å². The second kappa shape index (κ2) is 5.70. The lowest BCUT2D eigenvalue weighted by Crippen LogP contribution is -2.55. The second-order valence-electron chi connectivity index (χ2n) is 5.47. The summed E-state index contributed by atoms with van der Waals surface area (Å²) in [6.45, 7) is 1.85. The van der Waals surface area contributed by atoms with Crippen LogP contribution in [0.5, 0.6) is 0 Å². The molecule has 1 fully saturated rings. The molecule has 4 heteroatoms. The third kappa shape index (κ3) is 3.32. The highest BCUT2D eigenvalue weighted by molar-refractivity contribution is 5.86. The molecule has 0 aliphatic heterocycles. The number of carbonyl (C=O) groups is 1. The van der Waals surface area contributed by atoms with E-state index in [2.05, 4.69) is 5.32 Å². The Balaban J connectivity index is 2.02. The average molecular weight is 264 g/mol. The highest BCUT2D eigenvalue weighted by atomic mass is 19.1. The molecule has 0 spiro atoms. The maximum atomic E-state index is 13.2. The maximum Gasteiger partial charge on any atom is 0.240 e. The van der Waals surface area contributed by atoms with Gasteiger partial charge in [-0.05, 0) is 37.5 Å². The van der Waals surface area contributed by atoms with Crippen LogP contribution in [0.3, 0.4) is 0 Å². The summed E-state index contributed by atoms with van der Waals surface area (Å²) in [7, 11) is 0. The molecule has 0 heterocycles. The van der Waals surface area contributed by atoms with Crippen LogP contribution in [-0.2, 0) is 4.79 Å². The van der Waals surface area contributed by atoms with Crippen LogP contribution in [0, 0.1) is 5.82 Å². The van der Waals surface area contributed by atoms with Crippen LogP contribution in [-0.4, -0.2) is 11.4 Å². The van der Waals surface area contributed by atoms with Gasteiger partial charge in [-0.15, -0.1) is 0 Å². The van der Waals surface area contributed by atoms with Crippen molar-refractivity contribution in [2.75, 3.05) is 0 Å². The summed E-state index contributed by atoms with van der Waals surface area (Å²) in [4.78, 5) is 12.3. The van der Waals surface area contributed by atoms with Crippen molar-refractivity contribution in [2.24, 2.45) is 5.73 Å². The molecule has 0 radical (unpaired) electrons. The zero-order valence-electron chi connectivity index (χ0n) is 11.3. The Bertz CT molecular complexity index is 455. The predicted molar refractivity (Wildman–Crippen MR) is 73.0 cm³/mol. The van der Waals surface area contributed by atoms with E-state index in [1.165, 1.54) is 12.1 Å². The van der Waals surface area contributed by atoms with Gasteiger partial charge in [0.1, 0.15) is 5.82 Å². The first-order chi connectivity index (χ1) is 9.01. The van der Waals surface area contributed by atoms with Crippen molar-refractivity contribution in [1.82, 2.24) is 5.32 Å². The van der Waals surface area contributed by atoms with Crippen molar-refractivity contribution >= 4 is 5.91 Å². The minimum Gasteiger partial charge on any atom is -0.348 e. The highest BCUT2D eigenvalue weighted by Crippen LogP contribution is 2.27. The Labute approximate surface area is 113 Å². The van der Waals surface area contributed by atoms with Crippen LogP contribution in [0.25, 0.3) is 0 Å². The molecule has 2 rings (SSSR count). The first kappa shape index (κ1) is 14.0. The number of hydrogen-bond donors (Lipinski definition) is 2. The fraction of sp³-hybridized carbons (Fsp3) is 0.533. The zero-order chi connectivity index (χ0) is 13.9. The summed E-state index contributed by atoms with van der Waals surface area (Å²) in [5.41, 5.74) is 6.18. The highest BCUT2D eigenvalue weighted by Gasteiger charge is 2.35. The second-order valence-corrected chi connectivity index (χ2v) is 5.47. The van der Waals surface area contributed by atoms with Gasteiger partial charge in [0.2, 0.25) is 5.91 Å². The topological polar surface area (TPSA) is 55.1 Å². The smallest absolute Gasteiger partial charge is 0.240 e. The van der Waals surface area contributed by atoms with Crippen LogP contribution in [0.4, 0.5) is 4.39 Å². The first-order valence-electron chi connectivity index (χ1n) is 6.86. The van der Waals surface area contributed by atoms with Gasteiger partial charge in [0.15, 0.2) is 0 Å². The standard InChI is InChI=1S/C15H21FN2O/c1-11(12-6-5-7-13(16)10-12)18-14(19)15(17)8-3-2-4-9-15/h5-7,10-11H,2-4,8-9,17H2,1H3,(H,18,19)/t11-/m0/s1. The van der Waals surface area contributed by atoms with Gasteiger partial charge in [0.05, 0.1) is 11.6 Å². The molecule has 0 bridgehead atoms. The van der Waals surface area contributed by atoms with Crippen molar-refractivity contribution in [2.45, 2.75) is 50.6 Å². The summed E-state index contributed by atoms with van der Waals surface area (Å²) < 4.78 is 13.2. The van der Waals surface area contributed by atoms with Gasteiger partial charge in [0.25, 0.3) is 0 Å². The van der Waals surface area contributed by atoms with Crippen LogP contribution < -0.4 is 11.1 Å². The van der Waals surface area contributed by atoms with E-state index < -0.39 is 5.54 Å². The quantitative estimate of drug-likeness (QED) is 0.882. The van der Waals surface area contributed by atoms with E-state index in [0.717, 1.165) is 37.7 Å². The van der Waals surface area contributed by atoms with E-state index in [4.69, 9.17) is 5.73 Å². The van der Waals surface area contributed by atoms with E-state index in [-0.39, 0.29) is 17.8 Å². The lowest BCUT2D eigenvalue weighted by atomic mass is 9.81. The minimum atomic E-state index is -0.750. The molecule has 19 heavy (non-hydrogen) atoms. The molecule has 3 N–H and O–H groups in total. The molecule has 3 nitrogen and oxygen atoms in total. The number of benzene rings is 1. The van der Waals surface area contributed by atoms with Crippen LogP contribution in [0.15, 0.2) is 24.3 Å². The van der Waals surface area contributed by atoms with Crippen molar-refractivity contribution in [3.63, 3.8) is 0 Å². The maximum absolute atomic E-state index is 13.2. The third-order valence-electron chi connectivity index (χ3n) is 3.89. The zero-order valence-corrected chi connectivity index (χ0v) is 11.3. The third-order valence-corrected chi connectivity index (χ3v) is 3.89. The molecule has 1 aliphatic rings. The summed E-state index contributed by atoms with van der Waals surface area (Å²) >= 11 is 0. The molecule has 1 aromatic carbocycles. The number of halogens is 1. The fourth-order valence-electron chi connectivity index (χ4n) is 2.61. The van der Waals surface area contributed by atoms with Gasteiger partial charge < -0.3 is 11.1 Å². The molecule has 1 aliphatic carbocycles. The average Bonchev–Trinajstić information content (AvgIpc) is 2.39. The Morgan fingerprint density at radius 2 is 2.05 bits per heavy atom. The molecule has 104 valence electrons. The van der Waals surface area contributed by atoms with Gasteiger partial charge in [-0.3, -0.25) is 4.79 Å². The molecule has 1 amide bonds. The van der Waals surface area contributed by atoms with Crippen LogP contribution in [0.1, 0.15) is 50.6 Å². The fourth-order valence-corrected chi connectivity index (χ4v) is 2.61. The Morgan fingerprint density at radius 1 is 1.37 bits per heavy atom. The Hall–Kier alpha value is -1.42. The van der Waals surface area contributed by atoms with Gasteiger partial charge in [-0.2, -0.15) is 0 Å². The normalized spacial score (nSPS) is 19.7. The Kier molecular flexibility index (Phi) is 4.20. The van der Waals surface area contributed by atoms with Gasteiger partial charge in [0, 0.05) is 0 Å². The summed E-state index contributed by atoms with van der Waals surface area (Å²) in [5.74, 6) is -0.414. The summed E-state index contributed by atoms with van der Waals surface area (Å²) in [6.07, 6.45) is 4.60. The number of nitrogens with one attached hydrogen (secondary N) is 1. The number of nitrogens with two attached hydrogens (primary N) is 1. The van der Waals surface area contributed by atoms with Crippen molar-refractivity contribution in [1.29, 1.82) is 0 Å². The molecule has 1 aromatic rings. The monoisotopic (exact) mass is 264 g/mol. The van der Waals surface area contributed by atoms with Crippen LogP contribution >= 0.6 is 0 Å². The van der Waals surface area contributed by atoms with E-state index in [0.29, 0.717) is 0 Å². The van der Waals surface area contributed by atoms with Crippen molar-refractivity contribution in [3.05, 3.63) is 35.6 Å². The number of carbonyl (C=O) groups excluding carboxylic acids is 1. The molecular weight excluding hydrogens is 243 g/mol. The minimum absolute atomic E-state index is 0.121. The largest absolute Gasteiger partial charge is 0.348 e. The molecule has 0 saturated heterocycles. The lowest BCUT2D eigenvalue weighted by Gasteiger charge is -2.33. The SMILES string of the molecule is C[C@H](NC(=O)C1(N)CCCCC1)c1cccc(F)c1. The molecule has 1 atom stereocenters. The van der Waals surface area contributed by atoms with Gasteiger partial charge >= 0.3 is 0 Å². The predicted octanol–water partition coefficient (Wildman–Crippen LogP) is 2.66. The van der Waals surface area contributed by atoms with E-state index in [1.54, 1.807) is 12.1 Å². The van der Waals surface area contributed by atoms with Gasteiger partial charge in [-0.1, -0.05) is 31.4 Å². The molecule has 0 aromatic heterocycles. The number of hydrogen-bond acceptors (Lipinski definition) is 2. The number of amides is 1. The number of rotatable bonds is 3.